The Hall–Kier alpha value is -1.12. The van der Waals surface area contributed by atoms with Crippen LogP contribution in [0.2, 0.25) is 0 Å². The van der Waals surface area contributed by atoms with E-state index in [0.29, 0.717) is 12.5 Å². The van der Waals surface area contributed by atoms with E-state index in [9.17, 15) is 5.11 Å². The second-order valence-electron chi connectivity index (χ2n) is 4.82. The predicted octanol–water partition coefficient (Wildman–Crippen LogP) is 2.54. The highest BCUT2D eigenvalue weighted by atomic mass is 16.3. The van der Waals surface area contributed by atoms with Gasteiger partial charge in [0, 0.05) is 6.54 Å². The minimum absolute atomic E-state index is 0.346. The highest BCUT2D eigenvalue weighted by Crippen LogP contribution is 2.35. The van der Waals surface area contributed by atoms with Gasteiger partial charge in [-0.1, -0.05) is 50.3 Å². The van der Waals surface area contributed by atoms with Gasteiger partial charge in [0.05, 0.1) is 0 Å². The number of hydrogen-bond donors (Lipinski definition) is 2. The molecule has 0 aromatic heterocycles. The standard InChI is InChI=1S/C15H21NO/c1-3-12-5-7-14(8-6-12)15(17)11-16-10-9-13(15)4-2/h3,5-8,13,16-17H,1,4,9-11H2,2H3. The lowest BCUT2D eigenvalue weighted by molar-refractivity contribution is -0.0433. The summed E-state index contributed by atoms with van der Waals surface area (Å²) >= 11 is 0. The normalized spacial score (nSPS) is 28.9. The molecule has 2 N–H and O–H groups in total. The summed E-state index contributed by atoms with van der Waals surface area (Å²) in [5.41, 5.74) is 1.39. The fourth-order valence-corrected chi connectivity index (χ4v) is 2.73. The molecule has 1 fully saturated rings. The molecular formula is C15H21NO. The Morgan fingerprint density at radius 1 is 1.47 bits per heavy atom. The van der Waals surface area contributed by atoms with Crippen LogP contribution in [0.25, 0.3) is 6.08 Å². The lowest BCUT2D eigenvalue weighted by Gasteiger charge is -2.40. The zero-order valence-electron chi connectivity index (χ0n) is 10.4. The van der Waals surface area contributed by atoms with Crippen LogP contribution in [0.5, 0.6) is 0 Å². The van der Waals surface area contributed by atoms with Crippen molar-refractivity contribution in [2.45, 2.75) is 25.4 Å². The van der Waals surface area contributed by atoms with Gasteiger partial charge in [-0.3, -0.25) is 0 Å². The van der Waals surface area contributed by atoms with Gasteiger partial charge in [-0.25, -0.2) is 0 Å². The van der Waals surface area contributed by atoms with Crippen molar-refractivity contribution in [3.63, 3.8) is 0 Å². The second-order valence-corrected chi connectivity index (χ2v) is 4.82. The first-order valence-electron chi connectivity index (χ1n) is 6.36. The minimum atomic E-state index is -0.716. The molecule has 0 spiro atoms. The Balaban J connectivity index is 2.30. The zero-order valence-corrected chi connectivity index (χ0v) is 10.4. The molecule has 2 heteroatoms. The third-order valence-corrected chi connectivity index (χ3v) is 3.88. The van der Waals surface area contributed by atoms with E-state index in [1.165, 1.54) is 0 Å². The predicted molar refractivity (Wildman–Crippen MR) is 71.7 cm³/mol. The molecule has 2 atom stereocenters. The summed E-state index contributed by atoms with van der Waals surface area (Å²) in [6.45, 7) is 7.56. The molecule has 1 aromatic rings. The van der Waals surface area contributed by atoms with Gasteiger partial charge in [-0.2, -0.15) is 0 Å². The van der Waals surface area contributed by atoms with Gasteiger partial charge in [-0.15, -0.1) is 0 Å². The van der Waals surface area contributed by atoms with Gasteiger partial charge in [0.25, 0.3) is 0 Å². The van der Waals surface area contributed by atoms with Crippen molar-refractivity contribution in [2.24, 2.45) is 5.92 Å². The Labute approximate surface area is 103 Å². The molecule has 2 unspecified atom stereocenters. The van der Waals surface area contributed by atoms with Crippen molar-refractivity contribution < 1.29 is 5.11 Å². The van der Waals surface area contributed by atoms with Crippen LogP contribution >= 0.6 is 0 Å². The van der Waals surface area contributed by atoms with Gasteiger partial charge in [0.1, 0.15) is 5.60 Å². The molecule has 17 heavy (non-hydrogen) atoms. The molecule has 2 nitrogen and oxygen atoms in total. The van der Waals surface area contributed by atoms with Crippen molar-refractivity contribution in [2.75, 3.05) is 13.1 Å². The molecule has 1 aromatic carbocycles. The molecule has 2 rings (SSSR count). The van der Waals surface area contributed by atoms with Crippen LogP contribution in [0.4, 0.5) is 0 Å². The number of β-amino-alcohol motifs (C(OH)–C–C–N with tert-alkyl or cyclic N) is 1. The number of rotatable bonds is 3. The highest BCUT2D eigenvalue weighted by Gasteiger charge is 2.39. The third-order valence-electron chi connectivity index (χ3n) is 3.88. The summed E-state index contributed by atoms with van der Waals surface area (Å²) in [5.74, 6) is 0.346. The van der Waals surface area contributed by atoms with Crippen LogP contribution in [-0.4, -0.2) is 18.2 Å². The van der Waals surface area contributed by atoms with E-state index in [2.05, 4.69) is 18.8 Å². The van der Waals surface area contributed by atoms with E-state index in [1.807, 2.05) is 30.3 Å². The van der Waals surface area contributed by atoms with Crippen molar-refractivity contribution in [1.82, 2.24) is 5.32 Å². The number of aliphatic hydroxyl groups is 1. The Morgan fingerprint density at radius 2 is 2.18 bits per heavy atom. The van der Waals surface area contributed by atoms with Crippen molar-refractivity contribution in [3.8, 4) is 0 Å². The minimum Gasteiger partial charge on any atom is -0.384 e. The van der Waals surface area contributed by atoms with Crippen molar-refractivity contribution in [1.29, 1.82) is 0 Å². The van der Waals surface area contributed by atoms with Gasteiger partial charge in [-0.05, 0) is 30.0 Å². The summed E-state index contributed by atoms with van der Waals surface area (Å²) in [5, 5.41) is 14.2. The smallest absolute Gasteiger partial charge is 0.105 e. The summed E-state index contributed by atoms with van der Waals surface area (Å²) in [4.78, 5) is 0. The average molecular weight is 231 g/mol. The van der Waals surface area contributed by atoms with E-state index in [4.69, 9.17) is 0 Å². The lowest BCUT2D eigenvalue weighted by Crippen LogP contribution is -2.49. The summed E-state index contributed by atoms with van der Waals surface area (Å²) in [6, 6.07) is 8.07. The average Bonchev–Trinajstić information content (AvgIpc) is 2.39. The van der Waals surface area contributed by atoms with Gasteiger partial charge in [0.2, 0.25) is 0 Å². The van der Waals surface area contributed by atoms with Crippen molar-refractivity contribution >= 4 is 6.08 Å². The van der Waals surface area contributed by atoms with E-state index < -0.39 is 5.60 Å². The Morgan fingerprint density at radius 3 is 2.76 bits per heavy atom. The monoisotopic (exact) mass is 231 g/mol. The topological polar surface area (TPSA) is 32.3 Å². The maximum Gasteiger partial charge on any atom is 0.105 e. The van der Waals surface area contributed by atoms with Crippen LogP contribution in [0.1, 0.15) is 30.9 Å². The first kappa shape index (κ1) is 12.3. The van der Waals surface area contributed by atoms with Gasteiger partial charge in [0.15, 0.2) is 0 Å². The molecule has 0 bridgehead atoms. The second kappa shape index (κ2) is 5.03. The van der Waals surface area contributed by atoms with Gasteiger partial charge < -0.3 is 10.4 Å². The molecule has 0 amide bonds. The maximum atomic E-state index is 10.9. The van der Waals surface area contributed by atoms with Crippen molar-refractivity contribution in [3.05, 3.63) is 42.0 Å². The van der Waals surface area contributed by atoms with E-state index in [-0.39, 0.29) is 0 Å². The molecular weight excluding hydrogens is 210 g/mol. The van der Waals surface area contributed by atoms with Crippen LogP contribution in [0.15, 0.2) is 30.8 Å². The van der Waals surface area contributed by atoms with Crippen LogP contribution in [-0.2, 0) is 5.60 Å². The Kier molecular flexibility index (Phi) is 3.65. The molecule has 1 saturated heterocycles. The van der Waals surface area contributed by atoms with Crippen LogP contribution in [0, 0.1) is 5.92 Å². The quantitative estimate of drug-likeness (QED) is 0.838. The SMILES string of the molecule is C=Cc1ccc(C2(O)CNCCC2CC)cc1. The number of benzene rings is 1. The first-order chi connectivity index (χ1) is 8.20. The number of piperidine rings is 1. The molecule has 0 radical (unpaired) electrons. The summed E-state index contributed by atoms with van der Waals surface area (Å²) in [6.07, 6.45) is 3.88. The molecule has 0 aliphatic carbocycles. The fraction of sp³-hybridized carbons (Fsp3) is 0.467. The lowest BCUT2D eigenvalue weighted by atomic mass is 9.75. The largest absolute Gasteiger partial charge is 0.384 e. The van der Waals surface area contributed by atoms with Gasteiger partial charge >= 0.3 is 0 Å². The van der Waals surface area contributed by atoms with Crippen LogP contribution in [0.3, 0.4) is 0 Å². The highest BCUT2D eigenvalue weighted by molar-refractivity contribution is 5.48. The number of nitrogens with one attached hydrogen (secondary N) is 1. The van der Waals surface area contributed by atoms with Crippen LogP contribution < -0.4 is 5.32 Å². The molecule has 1 aliphatic rings. The Bertz CT molecular complexity index is 384. The molecule has 1 heterocycles. The molecule has 1 aliphatic heterocycles. The molecule has 92 valence electrons. The maximum absolute atomic E-state index is 10.9. The summed E-state index contributed by atoms with van der Waals surface area (Å²) < 4.78 is 0. The fourth-order valence-electron chi connectivity index (χ4n) is 2.73. The third kappa shape index (κ3) is 2.28. The zero-order chi connectivity index (χ0) is 12.3. The first-order valence-corrected chi connectivity index (χ1v) is 6.36. The van der Waals surface area contributed by atoms with E-state index in [1.54, 1.807) is 0 Å². The summed E-state index contributed by atoms with van der Waals surface area (Å²) in [7, 11) is 0. The van der Waals surface area contributed by atoms with E-state index >= 15 is 0 Å². The van der Waals surface area contributed by atoms with E-state index in [0.717, 1.165) is 30.5 Å². The molecule has 0 saturated carbocycles. The number of hydrogen-bond acceptors (Lipinski definition) is 2.